The molecule has 0 unspecified atom stereocenters. The molecule has 0 N–H and O–H groups in total. The molecule has 1 aliphatic heterocycles. The van der Waals surface area contributed by atoms with E-state index >= 15 is 0 Å². The molecule has 1 amide bonds. The van der Waals surface area contributed by atoms with Gasteiger partial charge in [-0.25, -0.2) is 4.98 Å². The second-order valence-electron chi connectivity index (χ2n) is 6.40. The van der Waals surface area contributed by atoms with Gasteiger partial charge >= 0.3 is 0 Å². The van der Waals surface area contributed by atoms with E-state index in [0.29, 0.717) is 0 Å². The number of likely N-dealkylation sites (tertiary alicyclic amines) is 1. The van der Waals surface area contributed by atoms with Crippen molar-refractivity contribution in [2.24, 2.45) is 0 Å². The highest BCUT2D eigenvalue weighted by Crippen LogP contribution is 2.33. The van der Waals surface area contributed by atoms with Crippen molar-refractivity contribution in [1.82, 2.24) is 14.5 Å². The van der Waals surface area contributed by atoms with Gasteiger partial charge in [0.1, 0.15) is 5.82 Å². The Balaban J connectivity index is 1.82. The van der Waals surface area contributed by atoms with Crippen molar-refractivity contribution in [2.45, 2.75) is 32.4 Å². The number of rotatable bonds is 3. The van der Waals surface area contributed by atoms with Gasteiger partial charge in [0.2, 0.25) is 5.91 Å². The normalized spacial score (nSPS) is 17.5. The molecule has 3 aromatic rings. The molecule has 1 atom stereocenters. The quantitative estimate of drug-likeness (QED) is 0.737. The van der Waals surface area contributed by atoms with Crippen LogP contribution < -0.4 is 0 Å². The Labute approximate surface area is 141 Å². The van der Waals surface area contributed by atoms with Crippen LogP contribution in [0.1, 0.15) is 37.2 Å². The smallest absolute Gasteiger partial charge is 0.220 e. The van der Waals surface area contributed by atoms with E-state index in [-0.39, 0.29) is 11.9 Å². The highest BCUT2D eigenvalue weighted by Gasteiger charge is 2.32. The zero-order valence-electron chi connectivity index (χ0n) is 13.9. The van der Waals surface area contributed by atoms with Gasteiger partial charge in [-0.1, -0.05) is 42.5 Å². The van der Waals surface area contributed by atoms with Gasteiger partial charge in [0.25, 0.3) is 0 Å². The molecule has 4 nitrogen and oxygen atoms in total. The van der Waals surface area contributed by atoms with E-state index in [1.54, 1.807) is 6.92 Å². The van der Waals surface area contributed by atoms with Crippen molar-refractivity contribution < 1.29 is 4.79 Å². The van der Waals surface area contributed by atoms with Crippen LogP contribution in [-0.4, -0.2) is 26.9 Å². The number of nitrogens with zero attached hydrogens (tertiary/aromatic N) is 3. The zero-order chi connectivity index (χ0) is 16.5. The summed E-state index contributed by atoms with van der Waals surface area (Å²) in [5.74, 6) is 1.14. The van der Waals surface area contributed by atoms with Crippen LogP contribution in [0.2, 0.25) is 0 Å². The fourth-order valence-corrected chi connectivity index (χ4v) is 3.69. The number of carbonyl (C=O) groups excluding carboxylic acids is 1. The highest BCUT2D eigenvalue weighted by molar-refractivity contribution is 5.77. The van der Waals surface area contributed by atoms with E-state index in [1.807, 2.05) is 29.2 Å². The number of hydrogen-bond acceptors (Lipinski definition) is 2. The molecular formula is C20H21N3O. The predicted molar refractivity (Wildman–Crippen MR) is 94.6 cm³/mol. The number of carbonyl (C=O) groups is 1. The van der Waals surface area contributed by atoms with E-state index in [9.17, 15) is 4.79 Å². The standard InChI is InChI=1S/C20H21N3O/c1-15(24)22-13-7-12-19(22)20-21-17-10-5-6-11-18(17)23(20)14-16-8-3-2-4-9-16/h2-6,8-11,19H,7,12-14H2,1H3/t19-/m1/s1. The summed E-state index contributed by atoms with van der Waals surface area (Å²) in [6.45, 7) is 3.26. The molecule has 4 rings (SSSR count). The van der Waals surface area contributed by atoms with Crippen LogP contribution in [0.15, 0.2) is 54.6 Å². The van der Waals surface area contributed by atoms with Crippen LogP contribution in [0.5, 0.6) is 0 Å². The van der Waals surface area contributed by atoms with Crippen LogP contribution in [0.3, 0.4) is 0 Å². The Kier molecular flexibility index (Phi) is 3.81. The maximum Gasteiger partial charge on any atom is 0.220 e. The van der Waals surface area contributed by atoms with Gasteiger partial charge in [0, 0.05) is 20.0 Å². The molecule has 2 heterocycles. The summed E-state index contributed by atoms with van der Waals surface area (Å²) in [4.78, 5) is 18.9. The number of fused-ring (bicyclic) bond motifs is 1. The maximum absolute atomic E-state index is 12.0. The molecule has 0 radical (unpaired) electrons. The Morgan fingerprint density at radius 3 is 2.67 bits per heavy atom. The average molecular weight is 319 g/mol. The number of hydrogen-bond donors (Lipinski definition) is 0. The molecular weight excluding hydrogens is 298 g/mol. The average Bonchev–Trinajstić information content (AvgIpc) is 3.21. The van der Waals surface area contributed by atoms with Gasteiger partial charge in [-0.15, -0.1) is 0 Å². The predicted octanol–water partition coefficient (Wildman–Crippen LogP) is 3.77. The summed E-state index contributed by atoms with van der Waals surface area (Å²) >= 11 is 0. The van der Waals surface area contributed by atoms with Gasteiger partial charge in [0.05, 0.1) is 17.1 Å². The lowest BCUT2D eigenvalue weighted by atomic mass is 10.2. The van der Waals surface area contributed by atoms with E-state index in [4.69, 9.17) is 4.98 Å². The molecule has 1 saturated heterocycles. The first-order chi connectivity index (χ1) is 11.7. The third kappa shape index (κ3) is 2.58. The second-order valence-corrected chi connectivity index (χ2v) is 6.40. The summed E-state index contributed by atoms with van der Waals surface area (Å²) in [6, 6.07) is 18.7. The molecule has 2 aromatic carbocycles. The van der Waals surface area contributed by atoms with Crippen LogP contribution in [0.4, 0.5) is 0 Å². The van der Waals surface area contributed by atoms with Crippen molar-refractivity contribution in [2.75, 3.05) is 6.54 Å². The minimum absolute atomic E-state index is 0.0820. The lowest BCUT2D eigenvalue weighted by molar-refractivity contribution is -0.129. The Morgan fingerprint density at radius 1 is 1.12 bits per heavy atom. The Morgan fingerprint density at radius 2 is 1.88 bits per heavy atom. The van der Waals surface area contributed by atoms with Crippen LogP contribution in [0, 0.1) is 0 Å². The third-order valence-electron chi connectivity index (χ3n) is 4.82. The number of benzene rings is 2. The molecule has 0 saturated carbocycles. The first kappa shape index (κ1) is 14.9. The van der Waals surface area contributed by atoms with Crippen LogP contribution >= 0.6 is 0 Å². The first-order valence-corrected chi connectivity index (χ1v) is 8.50. The molecule has 0 spiro atoms. The van der Waals surface area contributed by atoms with Crippen LogP contribution in [-0.2, 0) is 11.3 Å². The molecule has 1 aliphatic rings. The monoisotopic (exact) mass is 319 g/mol. The number of amides is 1. The first-order valence-electron chi connectivity index (χ1n) is 8.50. The third-order valence-corrected chi connectivity index (χ3v) is 4.82. The van der Waals surface area contributed by atoms with Gasteiger partial charge in [-0.3, -0.25) is 4.79 Å². The number of aromatic nitrogens is 2. The molecule has 1 aromatic heterocycles. The summed E-state index contributed by atoms with van der Waals surface area (Å²) in [6.07, 6.45) is 2.02. The Hall–Kier alpha value is -2.62. The molecule has 0 aliphatic carbocycles. The van der Waals surface area contributed by atoms with Crippen molar-refractivity contribution in [3.8, 4) is 0 Å². The van der Waals surface area contributed by atoms with Gasteiger partial charge in [0.15, 0.2) is 0 Å². The second kappa shape index (κ2) is 6.11. The zero-order valence-corrected chi connectivity index (χ0v) is 13.9. The largest absolute Gasteiger partial charge is 0.333 e. The highest BCUT2D eigenvalue weighted by atomic mass is 16.2. The van der Waals surface area contributed by atoms with E-state index in [1.165, 1.54) is 5.56 Å². The minimum atomic E-state index is 0.0820. The van der Waals surface area contributed by atoms with Gasteiger partial charge < -0.3 is 9.47 Å². The molecule has 4 heteroatoms. The maximum atomic E-state index is 12.0. The fourth-order valence-electron chi connectivity index (χ4n) is 3.69. The fraction of sp³-hybridized carbons (Fsp3) is 0.300. The lowest BCUT2D eigenvalue weighted by Crippen LogP contribution is -2.30. The van der Waals surface area contributed by atoms with Crippen molar-refractivity contribution in [3.05, 3.63) is 66.0 Å². The molecule has 1 fully saturated rings. The molecule has 24 heavy (non-hydrogen) atoms. The van der Waals surface area contributed by atoms with Crippen molar-refractivity contribution in [3.63, 3.8) is 0 Å². The topological polar surface area (TPSA) is 38.1 Å². The number of imidazole rings is 1. The SMILES string of the molecule is CC(=O)N1CCC[C@@H]1c1nc2ccccc2n1Cc1ccccc1. The van der Waals surface area contributed by atoms with Crippen LogP contribution in [0.25, 0.3) is 11.0 Å². The lowest BCUT2D eigenvalue weighted by Gasteiger charge is -2.24. The summed E-state index contributed by atoms with van der Waals surface area (Å²) in [7, 11) is 0. The molecule has 0 bridgehead atoms. The summed E-state index contributed by atoms with van der Waals surface area (Å²) < 4.78 is 2.27. The summed E-state index contributed by atoms with van der Waals surface area (Å²) in [5.41, 5.74) is 3.37. The van der Waals surface area contributed by atoms with E-state index in [0.717, 1.165) is 42.8 Å². The van der Waals surface area contributed by atoms with E-state index < -0.39 is 0 Å². The minimum Gasteiger partial charge on any atom is -0.333 e. The summed E-state index contributed by atoms with van der Waals surface area (Å²) in [5, 5.41) is 0. The van der Waals surface area contributed by atoms with E-state index in [2.05, 4.69) is 34.9 Å². The molecule has 122 valence electrons. The van der Waals surface area contributed by atoms with Crippen molar-refractivity contribution in [1.29, 1.82) is 0 Å². The number of para-hydroxylation sites is 2. The van der Waals surface area contributed by atoms with Gasteiger partial charge in [-0.05, 0) is 30.5 Å². The van der Waals surface area contributed by atoms with Gasteiger partial charge in [-0.2, -0.15) is 0 Å². The van der Waals surface area contributed by atoms with Crippen molar-refractivity contribution >= 4 is 16.9 Å². The Bertz CT molecular complexity index is 869.